The van der Waals surface area contributed by atoms with Crippen LogP contribution in [-0.4, -0.2) is 20.2 Å². The second-order valence-corrected chi connectivity index (χ2v) is 6.50. The topological polar surface area (TPSA) is 72.6 Å². The molecule has 108 valence electrons. The van der Waals surface area contributed by atoms with Crippen molar-refractivity contribution in [1.29, 1.82) is 0 Å². The molecule has 0 aliphatic carbocycles. The predicted octanol–water partition coefficient (Wildman–Crippen LogP) is 4.14. The van der Waals surface area contributed by atoms with Gasteiger partial charge in [-0.3, -0.25) is 14.9 Å². The largest absolute Gasteiger partial charge is 0.288 e. The first-order valence-corrected chi connectivity index (χ1v) is 7.89. The molecule has 0 atom stereocenters. The number of aliphatic imine (C=N–C) groups is 1. The number of halogens is 1. The molecule has 21 heavy (non-hydrogen) atoms. The summed E-state index contributed by atoms with van der Waals surface area (Å²) < 4.78 is 0.648. The van der Waals surface area contributed by atoms with E-state index in [4.69, 9.17) is 11.6 Å². The van der Waals surface area contributed by atoms with Gasteiger partial charge in [-0.2, -0.15) is 0 Å². The molecule has 0 N–H and O–H groups in total. The summed E-state index contributed by atoms with van der Waals surface area (Å²) in [5, 5.41) is 10.7. The van der Waals surface area contributed by atoms with Gasteiger partial charge in [0.15, 0.2) is 0 Å². The van der Waals surface area contributed by atoms with E-state index in [2.05, 4.69) is 11.6 Å². The van der Waals surface area contributed by atoms with Crippen molar-refractivity contribution in [3.63, 3.8) is 0 Å². The second kappa shape index (κ2) is 6.93. The lowest BCUT2D eigenvalue weighted by Gasteiger charge is -1.97. The third-order valence-corrected chi connectivity index (χ3v) is 4.72. The fraction of sp³-hybridized carbons (Fsp3) is 0.0769. The van der Waals surface area contributed by atoms with Crippen LogP contribution in [0.15, 0.2) is 41.5 Å². The number of carbonyl (C=O) groups excluding carboxylic acids is 1. The van der Waals surface area contributed by atoms with Gasteiger partial charge in [-0.05, 0) is 29.5 Å². The van der Waals surface area contributed by atoms with Crippen molar-refractivity contribution in [1.82, 2.24) is 0 Å². The zero-order valence-corrected chi connectivity index (χ0v) is 13.0. The van der Waals surface area contributed by atoms with E-state index in [0.717, 1.165) is 11.8 Å². The van der Waals surface area contributed by atoms with Gasteiger partial charge in [-0.15, -0.1) is 6.58 Å². The molecule has 1 aromatic rings. The number of nitro benzene ring substituents is 1. The first-order valence-electron chi connectivity index (χ1n) is 5.71. The van der Waals surface area contributed by atoms with Gasteiger partial charge in [0, 0.05) is 11.8 Å². The minimum atomic E-state index is -0.565. The molecular weight excluding hydrogens is 332 g/mol. The molecule has 0 unspecified atom stereocenters. The summed E-state index contributed by atoms with van der Waals surface area (Å²) in [5.41, 5.74) is 0.575. The quantitative estimate of drug-likeness (QED) is 0.356. The van der Waals surface area contributed by atoms with Gasteiger partial charge in [0.05, 0.1) is 4.92 Å². The molecule has 2 rings (SSSR count). The van der Waals surface area contributed by atoms with E-state index in [-0.39, 0.29) is 21.5 Å². The van der Waals surface area contributed by atoms with Crippen molar-refractivity contribution in [2.45, 2.75) is 0 Å². The fourth-order valence-corrected chi connectivity index (χ4v) is 3.29. The molecule has 0 saturated heterocycles. The molecule has 1 aliphatic heterocycles. The Bertz CT molecular complexity index is 686. The van der Waals surface area contributed by atoms with E-state index >= 15 is 0 Å². The third-order valence-electron chi connectivity index (χ3n) is 2.40. The molecule has 0 radical (unpaired) electrons. The van der Waals surface area contributed by atoms with Crippen LogP contribution in [0.3, 0.4) is 0 Å². The molecule has 8 heteroatoms. The minimum Gasteiger partial charge on any atom is -0.279 e. The van der Waals surface area contributed by atoms with Gasteiger partial charge in [0.2, 0.25) is 5.12 Å². The highest BCUT2D eigenvalue weighted by molar-refractivity contribution is 8.45. The Morgan fingerprint density at radius 1 is 1.52 bits per heavy atom. The van der Waals surface area contributed by atoms with Gasteiger partial charge in [0.25, 0.3) is 5.69 Å². The number of thioether (sulfide) groups is 2. The number of rotatable bonds is 4. The van der Waals surface area contributed by atoms with E-state index < -0.39 is 4.92 Å². The molecule has 5 nitrogen and oxygen atoms in total. The number of nitrogens with zero attached hydrogens (tertiary/aromatic N) is 2. The number of benzene rings is 1. The lowest BCUT2D eigenvalue weighted by molar-refractivity contribution is -0.384. The monoisotopic (exact) mass is 340 g/mol. The van der Waals surface area contributed by atoms with Crippen molar-refractivity contribution in [3.05, 3.63) is 57.3 Å². The fourth-order valence-electron chi connectivity index (χ4n) is 1.50. The van der Waals surface area contributed by atoms with Crippen LogP contribution in [0, 0.1) is 10.1 Å². The summed E-state index contributed by atoms with van der Waals surface area (Å²) in [6, 6.07) is 4.35. The minimum absolute atomic E-state index is 0.0556. The van der Waals surface area contributed by atoms with Crippen LogP contribution in [-0.2, 0) is 4.79 Å². The summed E-state index contributed by atoms with van der Waals surface area (Å²) in [6.45, 7) is 3.60. The maximum atomic E-state index is 11.8. The summed E-state index contributed by atoms with van der Waals surface area (Å²) in [6.07, 6.45) is 3.24. The van der Waals surface area contributed by atoms with Crippen molar-refractivity contribution < 1.29 is 9.72 Å². The maximum absolute atomic E-state index is 11.8. The first kappa shape index (κ1) is 15.8. The van der Waals surface area contributed by atoms with Crippen LogP contribution in [0.5, 0.6) is 0 Å². The molecule has 0 spiro atoms. The van der Waals surface area contributed by atoms with Crippen LogP contribution >= 0.6 is 35.1 Å². The van der Waals surface area contributed by atoms with Gasteiger partial charge in [0.1, 0.15) is 15.1 Å². The van der Waals surface area contributed by atoms with Crippen molar-refractivity contribution in [3.8, 4) is 0 Å². The normalized spacial score (nSPS) is 16.1. The SMILES string of the molecule is C=CCSC1=N/C(=C\c2ccc(Cl)c([N+](=O)[O-])c2)C(=O)S1. The molecule has 1 aromatic carbocycles. The van der Waals surface area contributed by atoms with Gasteiger partial charge in [-0.25, -0.2) is 4.99 Å². The molecule has 0 aromatic heterocycles. The Balaban J connectivity index is 2.29. The van der Waals surface area contributed by atoms with E-state index in [1.807, 2.05) is 0 Å². The standard InChI is InChI=1S/C13H9ClN2O3S2/c1-2-5-20-13-15-10(12(17)21-13)6-8-3-4-9(14)11(7-8)16(18)19/h2-4,6-7H,1,5H2/b10-6-. The average molecular weight is 341 g/mol. The molecule has 1 aliphatic rings. The van der Waals surface area contributed by atoms with E-state index in [9.17, 15) is 14.9 Å². The van der Waals surface area contributed by atoms with Crippen LogP contribution in [0.2, 0.25) is 5.02 Å². The number of carbonyl (C=O) groups is 1. The van der Waals surface area contributed by atoms with Crippen molar-refractivity contribution in [2.24, 2.45) is 4.99 Å². The Morgan fingerprint density at radius 2 is 2.29 bits per heavy atom. The lowest BCUT2D eigenvalue weighted by atomic mass is 10.2. The molecule has 0 bridgehead atoms. The highest BCUT2D eigenvalue weighted by Crippen LogP contribution is 2.32. The molecule has 1 heterocycles. The van der Waals surface area contributed by atoms with Crippen molar-refractivity contribution in [2.75, 3.05) is 5.75 Å². The summed E-state index contributed by atoms with van der Waals surface area (Å²) >= 11 is 8.20. The van der Waals surface area contributed by atoms with E-state index in [0.29, 0.717) is 15.7 Å². The number of nitro groups is 1. The second-order valence-electron chi connectivity index (χ2n) is 3.86. The third kappa shape index (κ3) is 3.96. The van der Waals surface area contributed by atoms with Crippen LogP contribution in [0.25, 0.3) is 6.08 Å². The van der Waals surface area contributed by atoms with E-state index in [1.165, 1.54) is 30.0 Å². The Hall–Kier alpha value is -1.57. The zero-order valence-electron chi connectivity index (χ0n) is 10.6. The maximum Gasteiger partial charge on any atom is 0.288 e. The van der Waals surface area contributed by atoms with E-state index in [1.54, 1.807) is 12.1 Å². The Kier molecular flexibility index (Phi) is 5.22. The molecular formula is C13H9ClN2O3S2. The summed E-state index contributed by atoms with van der Waals surface area (Å²) in [4.78, 5) is 26.3. The predicted molar refractivity (Wildman–Crippen MR) is 88.8 cm³/mol. The summed E-state index contributed by atoms with van der Waals surface area (Å²) in [7, 11) is 0. The summed E-state index contributed by atoms with van der Waals surface area (Å²) in [5.74, 6) is 0.665. The van der Waals surface area contributed by atoms with Gasteiger partial charge < -0.3 is 0 Å². The van der Waals surface area contributed by atoms with Gasteiger partial charge in [-0.1, -0.05) is 35.5 Å². The van der Waals surface area contributed by atoms with Crippen LogP contribution in [0.1, 0.15) is 5.56 Å². The smallest absolute Gasteiger partial charge is 0.279 e. The van der Waals surface area contributed by atoms with Gasteiger partial charge >= 0.3 is 0 Å². The van der Waals surface area contributed by atoms with Crippen LogP contribution < -0.4 is 0 Å². The van der Waals surface area contributed by atoms with Crippen molar-refractivity contribution >= 4 is 56.4 Å². The Morgan fingerprint density at radius 3 is 2.95 bits per heavy atom. The first-order chi connectivity index (χ1) is 10.0. The molecule has 0 saturated carbocycles. The zero-order chi connectivity index (χ0) is 15.4. The molecule has 0 amide bonds. The average Bonchev–Trinajstić information content (AvgIpc) is 2.78. The van der Waals surface area contributed by atoms with Crippen LogP contribution in [0.4, 0.5) is 5.69 Å². The number of hydrogen-bond donors (Lipinski definition) is 0. The number of hydrogen-bond acceptors (Lipinski definition) is 6. The highest BCUT2D eigenvalue weighted by Gasteiger charge is 2.22. The Labute approximate surface area is 134 Å². The lowest BCUT2D eigenvalue weighted by Crippen LogP contribution is -1.91. The molecule has 0 fully saturated rings. The highest BCUT2D eigenvalue weighted by atomic mass is 35.5.